The average Bonchev–Trinajstić information content (AvgIpc) is 3.19. The summed E-state index contributed by atoms with van der Waals surface area (Å²) in [6.45, 7) is 4.20. The first kappa shape index (κ1) is 57.2. The molecule has 346 valence electrons. The number of phosphoric acid groups is 1. The smallest absolute Gasteiger partial charge is 0.306 e. The molecule has 0 radical (unpaired) electrons. The van der Waals surface area contributed by atoms with E-state index in [4.69, 9.17) is 18.5 Å². The van der Waals surface area contributed by atoms with Crippen LogP contribution >= 0.6 is 7.82 Å². The summed E-state index contributed by atoms with van der Waals surface area (Å²) in [7, 11) is 1.16. The first-order valence-corrected chi connectivity index (χ1v) is 25.7. The van der Waals surface area contributed by atoms with E-state index >= 15 is 0 Å². The average molecular weight is 854 g/mol. The van der Waals surface area contributed by atoms with Crippen molar-refractivity contribution in [1.29, 1.82) is 0 Å². The molecule has 2 atom stereocenters. The second-order valence-corrected chi connectivity index (χ2v) is 18.9. The van der Waals surface area contributed by atoms with E-state index in [0.717, 1.165) is 51.4 Å². The third-order valence-corrected chi connectivity index (χ3v) is 11.4. The van der Waals surface area contributed by atoms with Crippen molar-refractivity contribution in [3.63, 3.8) is 0 Å². The minimum absolute atomic E-state index is 0.0337. The molecule has 0 saturated carbocycles. The number of phosphoric ester groups is 1. The first-order valence-electron chi connectivity index (χ1n) is 24.2. The molecule has 0 aliphatic heterocycles. The maximum absolute atomic E-state index is 12.7. The van der Waals surface area contributed by atoms with E-state index in [0.29, 0.717) is 23.9 Å². The monoisotopic (exact) mass is 854 g/mol. The van der Waals surface area contributed by atoms with Crippen LogP contribution in [0.25, 0.3) is 0 Å². The Balaban J connectivity index is 4.32. The number of likely N-dealkylation sites (N-methyl/N-ethyl adjacent to an activating group) is 1. The van der Waals surface area contributed by atoms with Gasteiger partial charge in [-0.2, -0.15) is 0 Å². The molecule has 0 heterocycles. The lowest BCUT2D eigenvalue weighted by atomic mass is 10.0. The Morgan fingerprint density at radius 1 is 0.525 bits per heavy atom. The number of allylic oxidation sites excluding steroid dienone is 6. The normalized spacial score (nSPS) is 13.8. The van der Waals surface area contributed by atoms with E-state index in [2.05, 4.69) is 50.3 Å². The second kappa shape index (κ2) is 41.6. The maximum Gasteiger partial charge on any atom is 0.306 e. The van der Waals surface area contributed by atoms with Crippen LogP contribution in [0.15, 0.2) is 36.5 Å². The molecule has 9 nitrogen and oxygen atoms in total. The summed E-state index contributed by atoms with van der Waals surface area (Å²) in [5.74, 6) is -0.852. The number of hydrogen-bond donors (Lipinski definition) is 0. The maximum atomic E-state index is 12.7. The highest BCUT2D eigenvalue weighted by Gasteiger charge is 2.21. The lowest BCUT2D eigenvalue weighted by molar-refractivity contribution is -0.870. The SMILES string of the molecule is CCCCC/C=C\C/C=C\C/C=C\CCCCCCC(=O)OC[C@H](COP(=O)([O-])OCC[N+](C)(C)C)OC(=O)CCCCCCCCCCCCCCCCCCCC. The van der Waals surface area contributed by atoms with Crippen molar-refractivity contribution in [2.75, 3.05) is 47.5 Å². The van der Waals surface area contributed by atoms with Crippen LogP contribution in [0.2, 0.25) is 0 Å². The number of carbonyl (C=O) groups excluding carboxylic acids is 2. The van der Waals surface area contributed by atoms with Gasteiger partial charge in [-0.15, -0.1) is 0 Å². The van der Waals surface area contributed by atoms with Crippen molar-refractivity contribution < 1.29 is 42.1 Å². The van der Waals surface area contributed by atoms with Crippen LogP contribution in [-0.4, -0.2) is 70.0 Å². The highest BCUT2D eigenvalue weighted by Crippen LogP contribution is 2.38. The minimum Gasteiger partial charge on any atom is -0.756 e. The number of unbranched alkanes of at least 4 members (excludes halogenated alkanes) is 24. The minimum atomic E-state index is -4.63. The molecule has 0 amide bonds. The molecule has 0 aromatic rings. The van der Waals surface area contributed by atoms with Gasteiger partial charge in [-0.25, -0.2) is 0 Å². The Labute approximate surface area is 363 Å². The molecule has 0 aliphatic rings. The summed E-state index contributed by atoms with van der Waals surface area (Å²) in [5, 5.41) is 0. The Bertz CT molecular complexity index is 1100. The van der Waals surface area contributed by atoms with Crippen molar-refractivity contribution in [2.45, 2.75) is 219 Å². The molecule has 1 unspecified atom stereocenters. The van der Waals surface area contributed by atoms with E-state index in [1.165, 1.54) is 122 Å². The van der Waals surface area contributed by atoms with E-state index in [1.807, 2.05) is 21.1 Å². The lowest BCUT2D eigenvalue weighted by Crippen LogP contribution is -2.37. The molecular formula is C49H92NO8P. The van der Waals surface area contributed by atoms with Gasteiger partial charge in [0.1, 0.15) is 19.8 Å². The second-order valence-electron chi connectivity index (χ2n) is 17.5. The Morgan fingerprint density at radius 3 is 1.39 bits per heavy atom. The van der Waals surface area contributed by atoms with Gasteiger partial charge in [0.05, 0.1) is 27.7 Å². The van der Waals surface area contributed by atoms with Crippen molar-refractivity contribution in [3.8, 4) is 0 Å². The van der Waals surface area contributed by atoms with E-state index < -0.39 is 32.5 Å². The summed E-state index contributed by atoms with van der Waals surface area (Å²) < 4.78 is 34.0. The number of esters is 2. The van der Waals surface area contributed by atoms with Gasteiger partial charge in [-0.05, 0) is 51.4 Å². The fourth-order valence-corrected chi connectivity index (χ4v) is 7.33. The highest BCUT2D eigenvalue weighted by molar-refractivity contribution is 7.45. The summed E-state index contributed by atoms with van der Waals surface area (Å²) in [6, 6.07) is 0. The number of quaternary nitrogens is 1. The molecule has 0 aromatic heterocycles. The van der Waals surface area contributed by atoms with Gasteiger partial charge in [0.15, 0.2) is 6.10 Å². The molecule has 0 bridgehead atoms. The number of hydrogen-bond acceptors (Lipinski definition) is 8. The van der Waals surface area contributed by atoms with Gasteiger partial charge >= 0.3 is 11.9 Å². The van der Waals surface area contributed by atoms with Crippen molar-refractivity contribution >= 4 is 19.8 Å². The largest absolute Gasteiger partial charge is 0.756 e. The van der Waals surface area contributed by atoms with Crippen molar-refractivity contribution in [3.05, 3.63) is 36.5 Å². The predicted molar refractivity (Wildman–Crippen MR) is 245 cm³/mol. The third-order valence-electron chi connectivity index (χ3n) is 10.4. The van der Waals surface area contributed by atoms with Crippen LogP contribution in [0.5, 0.6) is 0 Å². The van der Waals surface area contributed by atoms with Crippen LogP contribution in [0, 0.1) is 0 Å². The Morgan fingerprint density at radius 2 is 0.915 bits per heavy atom. The molecule has 0 rings (SSSR count). The topological polar surface area (TPSA) is 111 Å². The van der Waals surface area contributed by atoms with Gasteiger partial charge in [0, 0.05) is 12.8 Å². The van der Waals surface area contributed by atoms with Gasteiger partial charge < -0.3 is 27.9 Å². The zero-order chi connectivity index (χ0) is 43.6. The van der Waals surface area contributed by atoms with E-state index in [9.17, 15) is 19.0 Å². The van der Waals surface area contributed by atoms with Crippen LogP contribution in [0.1, 0.15) is 213 Å². The van der Waals surface area contributed by atoms with Crippen LogP contribution in [0.4, 0.5) is 0 Å². The third kappa shape index (κ3) is 45.6. The van der Waals surface area contributed by atoms with Gasteiger partial charge in [-0.3, -0.25) is 14.2 Å². The van der Waals surface area contributed by atoms with Gasteiger partial charge in [0.2, 0.25) is 0 Å². The predicted octanol–water partition coefficient (Wildman–Crippen LogP) is 13.5. The van der Waals surface area contributed by atoms with Crippen molar-refractivity contribution in [2.24, 2.45) is 0 Å². The molecule has 0 fully saturated rings. The number of nitrogens with zero attached hydrogens (tertiary/aromatic N) is 1. The summed E-state index contributed by atoms with van der Waals surface area (Å²) in [6.07, 6.45) is 47.4. The van der Waals surface area contributed by atoms with Crippen molar-refractivity contribution in [1.82, 2.24) is 0 Å². The zero-order valence-corrected chi connectivity index (χ0v) is 39.8. The highest BCUT2D eigenvalue weighted by atomic mass is 31.2. The molecule has 0 aliphatic carbocycles. The Kier molecular flexibility index (Phi) is 40.3. The number of ether oxygens (including phenoxy) is 2. The van der Waals surface area contributed by atoms with Crippen LogP contribution in [0.3, 0.4) is 0 Å². The van der Waals surface area contributed by atoms with Crippen LogP contribution in [-0.2, 0) is 32.7 Å². The Hall–Kier alpha value is -1.77. The summed E-state index contributed by atoms with van der Waals surface area (Å²) in [5.41, 5.74) is 0. The summed E-state index contributed by atoms with van der Waals surface area (Å²) >= 11 is 0. The molecule has 59 heavy (non-hydrogen) atoms. The zero-order valence-electron chi connectivity index (χ0n) is 39.0. The molecule has 0 spiro atoms. The lowest BCUT2D eigenvalue weighted by Gasteiger charge is -2.28. The van der Waals surface area contributed by atoms with Gasteiger partial charge in [-0.1, -0.05) is 185 Å². The molecule has 0 saturated heterocycles. The molecule has 0 N–H and O–H groups in total. The van der Waals surface area contributed by atoms with Crippen LogP contribution < -0.4 is 4.89 Å². The quantitative estimate of drug-likeness (QED) is 0.0196. The van der Waals surface area contributed by atoms with Gasteiger partial charge in [0.25, 0.3) is 7.82 Å². The fraction of sp³-hybridized carbons (Fsp3) is 0.837. The standard InChI is InChI=1S/C49H92NO8P/c1-6-8-10-12-14-16-18-20-22-24-26-28-30-32-34-36-38-40-42-49(52)58-47(46-57-59(53,54)56-44-43-50(3,4)5)45-55-48(51)41-39-37-35-33-31-29-27-25-23-21-19-17-15-13-11-9-7-2/h15,17,21,23,27,29,47H,6-14,16,18-20,22,24-26,28,30-46H2,1-5H3/b17-15-,23-21-,29-27-/t47-/m1/s1. The summed E-state index contributed by atoms with van der Waals surface area (Å²) in [4.78, 5) is 37.6. The first-order chi connectivity index (χ1) is 28.5. The fourth-order valence-electron chi connectivity index (χ4n) is 6.60. The number of rotatable bonds is 44. The molecular weight excluding hydrogens is 762 g/mol. The number of carbonyl (C=O) groups is 2. The van der Waals surface area contributed by atoms with E-state index in [-0.39, 0.29) is 26.1 Å². The molecule has 10 heteroatoms. The van der Waals surface area contributed by atoms with E-state index in [1.54, 1.807) is 0 Å². The molecule has 0 aromatic carbocycles.